The van der Waals surface area contributed by atoms with E-state index in [1.54, 1.807) is 4.90 Å². The summed E-state index contributed by atoms with van der Waals surface area (Å²) in [7, 11) is 0. The van der Waals surface area contributed by atoms with Crippen molar-refractivity contribution in [1.29, 1.82) is 0 Å². The molecule has 0 radical (unpaired) electrons. The molecule has 0 spiro atoms. The van der Waals surface area contributed by atoms with Crippen molar-refractivity contribution in [3.05, 3.63) is 66.4 Å². The molecule has 3 atom stereocenters. The summed E-state index contributed by atoms with van der Waals surface area (Å²) < 4.78 is 0. The van der Waals surface area contributed by atoms with Crippen LogP contribution < -0.4 is 10.2 Å². The van der Waals surface area contributed by atoms with Crippen molar-refractivity contribution in [2.75, 3.05) is 18.4 Å². The number of hydrogen-bond donors (Lipinski definition) is 3. The van der Waals surface area contributed by atoms with Crippen LogP contribution in [0.5, 0.6) is 0 Å². The van der Waals surface area contributed by atoms with Crippen LogP contribution in [0.2, 0.25) is 0 Å². The van der Waals surface area contributed by atoms with Crippen LogP contribution in [0.3, 0.4) is 0 Å². The fourth-order valence-corrected chi connectivity index (χ4v) is 4.69. The van der Waals surface area contributed by atoms with Crippen LogP contribution in [-0.4, -0.2) is 24.0 Å². The second-order valence-electron chi connectivity index (χ2n) is 8.08. The molecular weight excluding hydrogens is 346 g/mol. The minimum atomic E-state index is 0.148. The monoisotopic (exact) mass is 376 g/mol. The van der Waals surface area contributed by atoms with Gasteiger partial charge in [-0.3, -0.25) is 4.79 Å². The van der Waals surface area contributed by atoms with E-state index in [0.29, 0.717) is 18.3 Å². The standard InChI is InChI=1S/C24H29N3O/c1-2-18-16-27(17-20-15-25-23-11-7-6-10-22(20)23)13-12-19(18)14-24(28)26-21-8-4-3-5-9-21/h3-11,15,18-19,25H,2,12-14,16-17H2,1H3,(H,26,28)/p+1/t18-,19-/m0/s1. The fraction of sp³-hybridized carbons (Fsp3) is 0.375. The molecule has 1 aliphatic heterocycles. The molecule has 1 saturated heterocycles. The number of rotatable bonds is 6. The zero-order valence-electron chi connectivity index (χ0n) is 16.6. The number of H-pyrrole nitrogens is 1. The van der Waals surface area contributed by atoms with E-state index < -0.39 is 0 Å². The van der Waals surface area contributed by atoms with Gasteiger partial charge in [0, 0.05) is 47.1 Å². The van der Waals surface area contributed by atoms with Crippen molar-refractivity contribution in [2.45, 2.75) is 32.7 Å². The Morgan fingerprint density at radius 2 is 1.89 bits per heavy atom. The molecule has 3 aromatic rings. The number of carbonyl (C=O) groups excluding carboxylic acids is 1. The van der Waals surface area contributed by atoms with Crippen molar-refractivity contribution >= 4 is 22.5 Å². The van der Waals surface area contributed by atoms with Crippen LogP contribution >= 0.6 is 0 Å². The second-order valence-corrected chi connectivity index (χ2v) is 8.08. The van der Waals surface area contributed by atoms with E-state index in [-0.39, 0.29) is 5.91 Å². The number of nitrogens with one attached hydrogen (secondary N) is 3. The smallest absolute Gasteiger partial charge is 0.224 e. The zero-order valence-corrected chi connectivity index (χ0v) is 16.6. The first kappa shape index (κ1) is 18.8. The van der Waals surface area contributed by atoms with E-state index in [1.807, 2.05) is 30.3 Å². The number of aromatic nitrogens is 1. The maximum atomic E-state index is 12.5. The lowest BCUT2D eigenvalue weighted by Gasteiger charge is -2.35. The molecule has 1 aromatic heterocycles. The van der Waals surface area contributed by atoms with Gasteiger partial charge in [-0.05, 0) is 30.5 Å². The quantitative estimate of drug-likeness (QED) is 0.605. The van der Waals surface area contributed by atoms with Crippen molar-refractivity contribution in [3.63, 3.8) is 0 Å². The van der Waals surface area contributed by atoms with E-state index in [9.17, 15) is 4.79 Å². The number of quaternary nitrogens is 1. The number of amides is 1. The molecule has 1 amide bonds. The number of piperidine rings is 1. The van der Waals surface area contributed by atoms with E-state index >= 15 is 0 Å². The van der Waals surface area contributed by atoms with Gasteiger partial charge >= 0.3 is 0 Å². The van der Waals surface area contributed by atoms with Gasteiger partial charge in [0.2, 0.25) is 5.91 Å². The Morgan fingerprint density at radius 3 is 2.71 bits per heavy atom. The van der Waals surface area contributed by atoms with Crippen molar-refractivity contribution in [2.24, 2.45) is 11.8 Å². The first-order chi connectivity index (χ1) is 13.7. The zero-order chi connectivity index (χ0) is 19.3. The number of carbonyl (C=O) groups is 1. The molecule has 0 saturated carbocycles. The Morgan fingerprint density at radius 1 is 1.11 bits per heavy atom. The highest BCUT2D eigenvalue weighted by Gasteiger charge is 2.32. The Hall–Kier alpha value is -2.59. The highest BCUT2D eigenvalue weighted by Crippen LogP contribution is 2.25. The summed E-state index contributed by atoms with van der Waals surface area (Å²) in [5, 5.41) is 4.39. The number of aromatic amines is 1. The summed E-state index contributed by atoms with van der Waals surface area (Å²) in [6.45, 7) is 5.61. The van der Waals surface area contributed by atoms with Gasteiger partial charge in [0.15, 0.2) is 0 Å². The third kappa shape index (κ3) is 4.28. The van der Waals surface area contributed by atoms with Crippen LogP contribution in [-0.2, 0) is 11.3 Å². The number of fused-ring (bicyclic) bond motifs is 1. The average Bonchev–Trinajstić information content (AvgIpc) is 3.13. The third-order valence-electron chi connectivity index (χ3n) is 6.23. The van der Waals surface area contributed by atoms with Gasteiger partial charge < -0.3 is 15.2 Å². The normalized spacial score (nSPS) is 22.2. The highest BCUT2D eigenvalue weighted by molar-refractivity contribution is 5.90. The minimum absolute atomic E-state index is 0.148. The van der Waals surface area contributed by atoms with Crippen LogP contribution in [0.15, 0.2) is 60.8 Å². The van der Waals surface area contributed by atoms with Crippen molar-refractivity contribution in [3.8, 4) is 0 Å². The van der Waals surface area contributed by atoms with Gasteiger partial charge in [-0.15, -0.1) is 0 Å². The largest absolute Gasteiger partial charge is 0.361 e. The van der Waals surface area contributed by atoms with Crippen LogP contribution in [0.1, 0.15) is 31.7 Å². The van der Waals surface area contributed by atoms with Gasteiger partial charge in [0.05, 0.1) is 13.1 Å². The Kier molecular flexibility index (Phi) is 5.77. The molecule has 2 aromatic carbocycles. The molecule has 0 bridgehead atoms. The second kappa shape index (κ2) is 8.61. The van der Waals surface area contributed by atoms with E-state index in [2.05, 4.69) is 47.7 Å². The summed E-state index contributed by atoms with van der Waals surface area (Å²) in [6, 6.07) is 18.3. The van der Waals surface area contributed by atoms with Gasteiger partial charge in [-0.2, -0.15) is 0 Å². The van der Waals surface area contributed by atoms with Crippen molar-refractivity contribution in [1.82, 2.24) is 4.98 Å². The van der Waals surface area contributed by atoms with Crippen LogP contribution in [0.4, 0.5) is 5.69 Å². The Balaban J connectivity index is 1.35. The molecule has 1 unspecified atom stereocenters. The summed E-state index contributed by atoms with van der Waals surface area (Å²) >= 11 is 0. The molecule has 0 aliphatic carbocycles. The lowest BCUT2D eigenvalue weighted by atomic mass is 9.81. The highest BCUT2D eigenvalue weighted by atomic mass is 16.1. The average molecular weight is 377 g/mol. The minimum Gasteiger partial charge on any atom is -0.361 e. The number of hydrogen-bond acceptors (Lipinski definition) is 1. The van der Waals surface area contributed by atoms with Gasteiger partial charge in [-0.25, -0.2) is 0 Å². The SMILES string of the molecule is CC[C@H]1C[NH+](Cc2c[nH]c3ccccc23)CC[C@H]1CC(=O)Nc1ccccc1. The molecule has 1 aliphatic rings. The molecule has 2 heterocycles. The topological polar surface area (TPSA) is 49.3 Å². The number of para-hydroxylation sites is 2. The van der Waals surface area contributed by atoms with Crippen LogP contribution in [0.25, 0.3) is 10.9 Å². The fourth-order valence-electron chi connectivity index (χ4n) is 4.69. The van der Waals surface area contributed by atoms with E-state index in [1.165, 1.54) is 16.5 Å². The lowest BCUT2D eigenvalue weighted by molar-refractivity contribution is -0.923. The maximum Gasteiger partial charge on any atom is 0.224 e. The maximum absolute atomic E-state index is 12.5. The third-order valence-corrected chi connectivity index (χ3v) is 6.23. The molecule has 4 nitrogen and oxygen atoms in total. The predicted molar refractivity (Wildman–Crippen MR) is 114 cm³/mol. The predicted octanol–water partition coefficient (Wildman–Crippen LogP) is 3.63. The van der Waals surface area contributed by atoms with Crippen molar-refractivity contribution < 1.29 is 9.69 Å². The molecular formula is C24H30N3O+. The number of anilines is 1. The van der Waals surface area contributed by atoms with Gasteiger partial charge in [0.1, 0.15) is 6.54 Å². The first-order valence-corrected chi connectivity index (χ1v) is 10.5. The molecule has 3 N–H and O–H groups in total. The molecule has 1 fully saturated rings. The summed E-state index contributed by atoms with van der Waals surface area (Å²) in [6.07, 6.45) is 5.06. The lowest BCUT2D eigenvalue weighted by Crippen LogP contribution is -3.12. The Bertz CT molecular complexity index is 918. The summed E-state index contributed by atoms with van der Waals surface area (Å²) in [5.74, 6) is 1.24. The molecule has 4 heteroatoms. The summed E-state index contributed by atoms with van der Waals surface area (Å²) in [5.41, 5.74) is 3.51. The number of likely N-dealkylation sites (tertiary alicyclic amines) is 1. The van der Waals surface area contributed by atoms with E-state index in [4.69, 9.17) is 0 Å². The van der Waals surface area contributed by atoms with Crippen LogP contribution in [0, 0.1) is 11.8 Å². The Labute approximate surface area is 166 Å². The first-order valence-electron chi connectivity index (χ1n) is 10.5. The van der Waals surface area contributed by atoms with E-state index in [0.717, 1.165) is 38.2 Å². The van der Waals surface area contributed by atoms with Gasteiger partial charge in [0.25, 0.3) is 0 Å². The van der Waals surface area contributed by atoms with Gasteiger partial charge in [-0.1, -0.05) is 43.3 Å². The number of benzene rings is 2. The summed E-state index contributed by atoms with van der Waals surface area (Å²) in [4.78, 5) is 17.5. The molecule has 146 valence electrons. The molecule has 28 heavy (non-hydrogen) atoms. The molecule has 4 rings (SSSR count).